The second-order valence-electron chi connectivity index (χ2n) is 4.10. The van der Waals surface area contributed by atoms with E-state index in [0.29, 0.717) is 11.4 Å². The topological polar surface area (TPSA) is 37.9 Å². The Bertz CT molecular complexity index is 754. The van der Waals surface area contributed by atoms with E-state index in [1.807, 2.05) is 18.2 Å². The number of benzene rings is 2. The van der Waals surface area contributed by atoms with Gasteiger partial charge in [-0.05, 0) is 34.1 Å². The third-order valence-electron chi connectivity index (χ3n) is 2.85. The van der Waals surface area contributed by atoms with Gasteiger partial charge in [0.15, 0.2) is 0 Å². The van der Waals surface area contributed by atoms with Gasteiger partial charge in [-0.3, -0.25) is 0 Å². The summed E-state index contributed by atoms with van der Waals surface area (Å²) in [7, 11) is 1.61. The van der Waals surface area contributed by atoms with Gasteiger partial charge in [-0.2, -0.15) is 0 Å². The molecule has 0 radical (unpaired) electrons. The second-order valence-corrected chi connectivity index (χ2v) is 4.96. The van der Waals surface area contributed by atoms with Gasteiger partial charge in [0.2, 0.25) is 0 Å². The fraction of sp³-hybridized carbons (Fsp3) is 0.0714. The molecule has 1 N–H and O–H groups in total. The molecule has 0 atom stereocenters. The van der Waals surface area contributed by atoms with Crippen LogP contribution in [0, 0.1) is 5.82 Å². The normalized spacial score (nSPS) is 10.9. The molecular formula is C14H10BrFN2O. The summed E-state index contributed by atoms with van der Waals surface area (Å²) in [5.41, 5.74) is 2.34. The Morgan fingerprint density at radius 1 is 1.26 bits per heavy atom. The predicted octanol–water partition coefficient (Wildman–Crippen LogP) is 4.14. The predicted molar refractivity (Wildman–Crippen MR) is 75.7 cm³/mol. The van der Waals surface area contributed by atoms with Gasteiger partial charge in [-0.15, -0.1) is 0 Å². The van der Waals surface area contributed by atoms with Crippen molar-refractivity contribution in [2.45, 2.75) is 0 Å². The van der Waals surface area contributed by atoms with Crippen LogP contribution in [0.15, 0.2) is 40.9 Å². The summed E-state index contributed by atoms with van der Waals surface area (Å²) in [5.74, 6) is 1.08. The molecule has 5 heteroatoms. The molecule has 0 saturated carbocycles. The lowest BCUT2D eigenvalue weighted by Gasteiger charge is -1.99. The number of hydrogen-bond donors (Lipinski definition) is 1. The van der Waals surface area contributed by atoms with Crippen molar-refractivity contribution in [1.82, 2.24) is 9.97 Å². The molecule has 0 saturated heterocycles. The zero-order valence-electron chi connectivity index (χ0n) is 10.1. The molecule has 2 aromatic carbocycles. The van der Waals surface area contributed by atoms with Crippen LogP contribution in [0.25, 0.3) is 22.4 Å². The maximum atomic E-state index is 13.2. The number of methoxy groups -OCH3 is 1. The summed E-state index contributed by atoms with van der Waals surface area (Å²) in [6, 6.07) is 10.0. The van der Waals surface area contributed by atoms with Crippen molar-refractivity contribution in [1.29, 1.82) is 0 Å². The minimum Gasteiger partial charge on any atom is -0.497 e. The zero-order valence-corrected chi connectivity index (χ0v) is 11.7. The van der Waals surface area contributed by atoms with Gasteiger partial charge in [-0.25, -0.2) is 9.37 Å². The molecule has 0 bridgehead atoms. The minimum atomic E-state index is -0.283. The van der Waals surface area contributed by atoms with E-state index in [2.05, 4.69) is 25.9 Å². The maximum Gasteiger partial charge on any atom is 0.138 e. The largest absolute Gasteiger partial charge is 0.497 e. The zero-order chi connectivity index (χ0) is 13.4. The summed E-state index contributed by atoms with van der Waals surface area (Å²) in [4.78, 5) is 7.64. The van der Waals surface area contributed by atoms with Crippen LogP contribution < -0.4 is 4.74 Å². The lowest BCUT2D eigenvalue weighted by Crippen LogP contribution is -1.82. The molecular weight excluding hydrogens is 311 g/mol. The van der Waals surface area contributed by atoms with Crippen LogP contribution in [-0.2, 0) is 0 Å². The molecule has 3 nitrogen and oxygen atoms in total. The molecule has 0 unspecified atom stereocenters. The number of ether oxygens (including phenoxy) is 1. The number of halogens is 2. The Morgan fingerprint density at radius 3 is 2.84 bits per heavy atom. The summed E-state index contributed by atoms with van der Waals surface area (Å²) in [6.45, 7) is 0. The highest BCUT2D eigenvalue weighted by molar-refractivity contribution is 9.10. The summed E-state index contributed by atoms with van der Waals surface area (Å²) in [6.07, 6.45) is 0. The summed E-state index contributed by atoms with van der Waals surface area (Å²) in [5, 5.41) is 0. The highest BCUT2D eigenvalue weighted by atomic mass is 79.9. The fourth-order valence-electron chi connectivity index (χ4n) is 1.94. The highest BCUT2D eigenvalue weighted by Gasteiger charge is 2.10. The number of rotatable bonds is 2. The molecule has 3 aromatic rings. The van der Waals surface area contributed by atoms with E-state index in [1.165, 1.54) is 12.1 Å². The van der Waals surface area contributed by atoms with Crippen molar-refractivity contribution in [3.05, 3.63) is 46.7 Å². The molecule has 0 aliphatic carbocycles. The van der Waals surface area contributed by atoms with Gasteiger partial charge in [0.25, 0.3) is 0 Å². The second kappa shape index (κ2) is 4.66. The molecule has 0 aliphatic heterocycles. The van der Waals surface area contributed by atoms with E-state index in [9.17, 15) is 4.39 Å². The Hall–Kier alpha value is -1.88. The first kappa shape index (κ1) is 12.2. The third kappa shape index (κ3) is 2.21. The number of nitrogens with one attached hydrogen (secondary N) is 1. The van der Waals surface area contributed by atoms with Gasteiger partial charge in [0.1, 0.15) is 22.9 Å². The maximum absolute atomic E-state index is 13.2. The molecule has 3 rings (SSSR count). The van der Waals surface area contributed by atoms with Crippen LogP contribution in [0.4, 0.5) is 4.39 Å². The third-order valence-corrected chi connectivity index (χ3v) is 3.45. The summed E-state index contributed by atoms with van der Waals surface area (Å²) >= 11 is 3.45. The Morgan fingerprint density at radius 2 is 2.11 bits per heavy atom. The van der Waals surface area contributed by atoms with Crippen molar-refractivity contribution in [2.24, 2.45) is 0 Å². The summed E-state index contributed by atoms with van der Waals surface area (Å²) < 4.78 is 19.3. The van der Waals surface area contributed by atoms with E-state index in [1.54, 1.807) is 13.2 Å². The number of fused-ring (bicyclic) bond motifs is 1. The van der Waals surface area contributed by atoms with Crippen molar-refractivity contribution in [3.63, 3.8) is 0 Å². The first-order valence-electron chi connectivity index (χ1n) is 5.66. The van der Waals surface area contributed by atoms with E-state index in [-0.39, 0.29) is 5.82 Å². The van der Waals surface area contributed by atoms with Crippen LogP contribution in [0.1, 0.15) is 0 Å². The molecule has 96 valence electrons. The number of hydrogen-bond acceptors (Lipinski definition) is 2. The van der Waals surface area contributed by atoms with E-state index in [4.69, 9.17) is 4.74 Å². The van der Waals surface area contributed by atoms with Crippen LogP contribution in [0.5, 0.6) is 5.75 Å². The van der Waals surface area contributed by atoms with Crippen molar-refractivity contribution in [2.75, 3.05) is 7.11 Å². The number of imidazole rings is 1. The molecule has 1 aromatic heterocycles. The van der Waals surface area contributed by atoms with Gasteiger partial charge in [-0.1, -0.05) is 12.1 Å². The standard InChI is InChI=1S/C14H10BrFN2O/c1-19-10-6-11(15)13-12(7-10)17-14(18-13)8-3-2-4-9(16)5-8/h2-7H,1H3,(H,17,18). The van der Waals surface area contributed by atoms with Gasteiger partial charge in [0, 0.05) is 16.1 Å². The first-order chi connectivity index (χ1) is 9.17. The number of H-pyrrole nitrogens is 1. The van der Waals surface area contributed by atoms with Crippen molar-refractivity contribution in [3.8, 4) is 17.1 Å². The monoisotopic (exact) mass is 320 g/mol. The lowest BCUT2D eigenvalue weighted by atomic mass is 10.2. The molecule has 19 heavy (non-hydrogen) atoms. The van der Waals surface area contributed by atoms with Gasteiger partial charge in [0.05, 0.1) is 12.6 Å². The average molecular weight is 321 g/mol. The SMILES string of the molecule is COc1cc(Br)c2nc(-c3cccc(F)c3)[nH]c2c1. The minimum absolute atomic E-state index is 0.283. The van der Waals surface area contributed by atoms with E-state index in [0.717, 1.165) is 21.3 Å². The molecule has 0 fully saturated rings. The highest BCUT2D eigenvalue weighted by Crippen LogP contribution is 2.30. The fourth-order valence-corrected chi connectivity index (χ4v) is 2.47. The molecule has 1 heterocycles. The van der Waals surface area contributed by atoms with Crippen LogP contribution >= 0.6 is 15.9 Å². The van der Waals surface area contributed by atoms with Crippen molar-refractivity contribution < 1.29 is 9.13 Å². The Balaban J connectivity index is 2.19. The molecule has 0 aliphatic rings. The van der Waals surface area contributed by atoms with E-state index < -0.39 is 0 Å². The van der Waals surface area contributed by atoms with Crippen LogP contribution in [0.2, 0.25) is 0 Å². The molecule has 0 spiro atoms. The molecule has 0 amide bonds. The van der Waals surface area contributed by atoms with Gasteiger partial charge < -0.3 is 9.72 Å². The number of nitrogens with zero attached hydrogens (tertiary/aromatic N) is 1. The average Bonchev–Trinajstić information content (AvgIpc) is 2.83. The smallest absolute Gasteiger partial charge is 0.138 e. The van der Waals surface area contributed by atoms with E-state index >= 15 is 0 Å². The number of aromatic amines is 1. The quantitative estimate of drug-likeness (QED) is 0.770. The van der Waals surface area contributed by atoms with Crippen LogP contribution in [-0.4, -0.2) is 17.1 Å². The lowest BCUT2D eigenvalue weighted by molar-refractivity contribution is 0.415. The number of aromatic nitrogens is 2. The van der Waals surface area contributed by atoms with Gasteiger partial charge >= 0.3 is 0 Å². The Labute approximate surface area is 117 Å². The van der Waals surface area contributed by atoms with Crippen LogP contribution in [0.3, 0.4) is 0 Å². The first-order valence-corrected chi connectivity index (χ1v) is 6.46. The van der Waals surface area contributed by atoms with Crippen molar-refractivity contribution >= 4 is 27.0 Å². The Kier molecular flexibility index (Phi) is 2.98.